The number of halogens is 1. The molecule has 0 saturated carbocycles. The molecule has 1 amide bonds. The Bertz CT molecular complexity index is 863. The van der Waals surface area contributed by atoms with Crippen molar-refractivity contribution in [1.29, 1.82) is 0 Å². The van der Waals surface area contributed by atoms with E-state index in [1.165, 1.54) is 0 Å². The molecule has 1 atom stereocenters. The molecule has 1 heterocycles. The van der Waals surface area contributed by atoms with Crippen molar-refractivity contribution in [2.24, 2.45) is 5.73 Å². The molecule has 0 fully saturated rings. The molecule has 0 aliphatic rings. The van der Waals surface area contributed by atoms with E-state index in [0.29, 0.717) is 23.5 Å². The summed E-state index contributed by atoms with van der Waals surface area (Å²) in [5, 5.41) is 3.24. The third kappa shape index (κ3) is 3.96. The number of carbonyl (C=O) groups is 1. The molecule has 3 aromatic rings. The van der Waals surface area contributed by atoms with E-state index < -0.39 is 5.91 Å². The summed E-state index contributed by atoms with van der Waals surface area (Å²) in [6, 6.07) is 11.1. The fourth-order valence-corrected chi connectivity index (χ4v) is 3.07. The number of nitrogens with one attached hydrogen (secondary N) is 2. The molecule has 130 valence electrons. The number of aromatic amines is 1. The van der Waals surface area contributed by atoms with Crippen LogP contribution in [0.5, 0.6) is 0 Å². The van der Waals surface area contributed by atoms with Gasteiger partial charge in [0.2, 0.25) is 11.9 Å². The number of para-hydroxylation sites is 2. The fraction of sp³-hybridized carbons (Fsp3) is 0.263. The number of imidazole rings is 1. The molecule has 1 unspecified atom stereocenters. The van der Waals surface area contributed by atoms with Crippen LogP contribution in [-0.4, -0.2) is 21.9 Å². The van der Waals surface area contributed by atoms with Gasteiger partial charge in [0, 0.05) is 12.5 Å². The average Bonchev–Trinajstić information content (AvgIpc) is 2.94. The van der Waals surface area contributed by atoms with Gasteiger partial charge in [-0.05, 0) is 49.1 Å². The Kier molecular flexibility index (Phi) is 4.70. The summed E-state index contributed by atoms with van der Waals surface area (Å²) in [7, 11) is 0. The number of amides is 1. The first-order valence-corrected chi connectivity index (χ1v) is 8.17. The zero-order valence-electron chi connectivity index (χ0n) is 14.3. The average molecular weight is 340 g/mol. The van der Waals surface area contributed by atoms with Gasteiger partial charge in [0.1, 0.15) is 5.82 Å². The van der Waals surface area contributed by atoms with Crippen molar-refractivity contribution in [3.8, 4) is 0 Å². The number of nitrogens with zero attached hydrogens (tertiary/aromatic N) is 1. The minimum atomic E-state index is -0.399. The monoisotopic (exact) mass is 340 g/mol. The normalized spacial score (nSPS) is 12.3. The third-order valence-corrected chi connectivity index (χ3v) is 4.16. The molecule has 0 aliphatic heterocycles. The van der Waals surface area contributed by atoms with Crippen LogP contribution in [0.2, 0.25) is 0 Å². The van der Waals surface area contributed by atoms with E-state index in [1.54, 1.807) is 26.0 Å². The molecular weight excluding hydrogens is 319 g/mol. The molecule has 3 rings (SSSR count). The van der Waals surface area contributed by atoms with Crippen molar-refractivity contribution in [2.45, 2.75) is 32.7 Å². The van der Waals surface area contributed by atoms with Gasteiger partial charge in [-0.15, -0.1) is 0 Å². The Hall–Kier alpha value is -2.89. The van der Waals surface area contributed by atoms with Gasteiger partial charge in [-0.2, -0.15) is 0 Å². The number of hydrogen-bond donors (Lipinski definition) is 3. The number of H-pyrrole nitrogens is 1. The van der Waals surface area contributed by atoms with E-state index in [4.69, 9.17) is 5.73 Å². The predicted molar refractivity (Wildman–Crippen MR) is 96.9 cm³/mol. The summed E-state index contributed by atoms with van der Waals surface area (Å²) < 4.78 is 13.8. The Morgan fingerprint density at radius 2 is 1.96 bits per heavy atom. The zero-order valence-corrected chi connectivity index (χ0v) is 14.3. The third-order valence-electron chi connectivity index (χ3n) is 4.16. The van der Waals surface area contributed by atoms with Crippen LogP contribution in [0.3, 0.4) is 0 Å². The summed E-state index contributed by atoms with van der Waals surface area (Å²) in [4.78, 5) is 19.1. The molecule has 6 heteroatoms. The van der Waals surface area contributed by atoms with Crippen LogP contribution in [0.25, 0.3) is 11.0 Å². The Labute approximate surface area is 145 Å². The molecule has 4 N–H and O–H groups in total. The second kappa shape index (κ2) is 6.93. The van der Waals surface area contributed by atoms with Crippen molar-refractivity contribution in [3.63, 3.8) is 0 Å². The van der Waals surface area contributed by atoms with Crippen molar-refractivity contribution < 1.29 is 9.18 Å². The molecule has 25 heavy (non-hydrogen) atoms. The van der Waals surface area contributed by atoms with E-state index >= 15 is 0 Å². The largest absolute Gasteiger partial charge is 0.370 e. The van der Waals surface area contributed by atoms with Crippen molar-refractivity contribution in [2.75, 3.05) is 5.32 Å². The number of benzene rings is 2. The molecule has 1 aromatic heterocycles. The number of rotatable bonds is 6. The summed E-state index contributed by atoms with van der Waals surface area (Å²) in [6.07, 6.45) is 0.703. The molecule has 5 nitrogen and oxygen atoms in total. The number of primary amides is 1. The smallest absolute Gasteiger partial charge is 0.219 e. The van der Waals surface area contributed by atoms with Crippen molar-refractivity contribution in [1.82, 2.24) is 9.97 Å². The quantitative estimate of drug-likeness (QED) is 0.644. The second-order valence-electron chi connectivity index (χ2n) is 6.36. The van der Waals surface area contributed by atoms with Gasteiger partial charge in [0.05, 0.1) is 11.0 Å². The molecule has 0 spiro atoms. The molecule has 2 aromatic carbocycles. The molecule has 0 bridgehead atoms. The minimum Gasteiger partial charge on any atom is -0.370 e. The highest BCUT2D eigenvalue weighted by Crippen LogP contribution is 2.19. The molecule has 0 saturated heterocycles. The van der Waals surface area contributed by atoms with Gasteiger partial charge in [-0.3, -0.25) is 4.79 Å². The fourth-order valence-electron chi connectivity index (χ4n) is 3.07. The van der Waals surface area contributed by atoms with E-state index in [0.717, 1.165) is 16.6 Å². The number of aromatic nitrogens is 2. The number of fused-ring (bicyclic) bond motifs is 1. The lowest BCUT2D eigenvalue weighted by molar-refractivity contribution is -0.118. The number of nitrogens with two attached hydrogens (primary N) is 1. The SMILES string of the molecule is Cc1cc(CC(CC(N)=O)Nc2nc3ccccc3[nH]2)cc(C)c1F. The highest BCUT2D eigenvalue weighted by atomic mass is 19.1. The summed E-state index contributed by atoms with van der Waals surface area (Å²) in [5.74, 6) is -0.00684. The lowest BCUT2D eigenvalue weighted by atomic mass is 9.99. The maximum Gasteiger partial charge on any atom is 0.219 e. The number of carbonyl (C=O) groups excluding carboxylic acids is 1. The van der Waals surface area contributed by atoms with Gasteiger partial charge in [0.25, 0.3) is 0 Å². The van der Waals surface area contributed by atoms with Gasteiger partial charge >= 0.3 is 0 Å². The summed E-state index contributed by atoms with van der Waals surface area (Å²) in [5.41, 5.74) is 9.29. The van der Waals surface area contributed by atoms with E-state index in [1.807, 2.05) is 24.3 Å². The first-order valence-electron chi connectivity index (χ1n) is 8.17. The van der Waals surface area contributed by atoms with Crippen LogP contribution in [-0.2, 0) is 11.2 Å². The lowest BCUT2D eigenvalue weighted by Crippen LogP contribution is -2.29. The van der Waals surface area contributed by atoms with Crippen LogP contribution < -0.4 is 11.1 Å². The Balaban J connectivity index is 1.83. The second-order valence-corrected chi connectivity index (χ2v) is 6.36. The molecule has 0 radical (unpaired) electrons. The first kappa shape index (κ1) is 17.0. The van der Waals surface area contributed by atoms with Gasteiger partial charge in [0.15, 0.2) is 0 Å². The van der Waals surface area contributed by atoms with E-state index in [-0.39, 0.29) is 18.3 Å². The van der Waals surface area contributed by atoms with Crippen LogP contribution in [0, 0.1) is 19.7 Å². The van der Waals surface area contributed by atoms with Gasteiger partial charge in [-0.1, -0.05) is 24.3 Å². The zero-order chi connectivity index (χ0) is 18.0. The number of anilines is 1. The number of hydrogen-bond acceptors (Lipinski definition) is 3. The maximum absolute atomic E-state index is 13.8. The highest BCUT2D eigenvalue weighted by molar-refractivity contribution is 5.78. The predicted octanol–water partition coefficient (Wildman–Crippen LogP) is 3.22. The highest BCUT2D eigenvalue weighted by Gasteiger charge is 2.16. The maximum atomic E-state index is 13.8. The van der Waals surface area contributed by atoms with Crippen molar-refractivity contribution in [3.05, 3.63) is 58.9 Å². The Morgan fingerprint density at radius 1 is 1.28 bits per heavy atom. The van der Waals surface area contributed by atoms with Gasteiger partial charge in [-0.25, -0.2) is 9.37 Å². The summed E-state index contributed by atoms with van der Waals surface area (Å²) in [6.45, 7) is 3.48. The van der Waals surface area contributed by atoms with E-state index in [2.05, 4.69) is 15.3 Å². The summed E-state index contributed by atoms with van der Waals surface area (Å²) >= 11 is 0. The molecule has 0 aliphatic carbocycles. The lowest BCUT2D eigenvalue weighted by Gasteiger charge is -2.18. The molecular formula is C19H21FN4O. The first-order chi connectivity index (χ1) is 11.9. The van der Waals surface area contributed by atoms with E-state index in [9.17, 15) is 9.18 Å². The topological polar surface area (TPSA) is 83.8 Å². The van der Waals surface area contributed by atoms with Crippen molar-refractivity contribution >= 4 is 22.9 Å². The van der Waals surface area contributed by atoms with Crippen LogP contribution in [0.1, 0.15) is 23.1 Å². The van der Waals surface area contributed by atoms with Crippen LogP contribution >= 0.6 is 0 Å². The Morgan fingerprint density at radius 3 is 2.60 bits per heavy atom. The standard InChI is InChI=1S/C19H21FN4O/c1-11-7-13(8-12(2)18(11)20)9-14(10-17(21)25)22-19-23-15-5-3-4-6-16(15)24-19/h3-8,14H,9-10H2,1-2H3,(H2,21,25)(H2,22,23,24). The van der Waals surface area contributed by atoms with Crippen LogP contribution in [0.4, 0.5) is 10.3 Å². The number of aryl methyl sites for hydroxylation is 2. The minimum absolute atomic E-state index is 0.159. The van der Waals surface area contributed by atoms with Gasteiger partial charge < -0.3 is 16.0 Å². The van der Waals surface area contributed by atoms with Crippen LogP contribution in [0.15, 0.2) is 36.4 Å².